The van der Waals surface area contributed by atoms with Gasteiger partial charge in [-0.15, -0.1) is 0 Å². The summed E-state index contributed by atoms with van der Waals surface area (Å²) >= 11 is 3.38. The second-order valence-corrected chi connectivity index (χ2v) is 6.26. The molecule has 1 aromatic carbocycles. The van der Waals surface area contributed by atoms with E-state index < -0.39 is 11.7 Å². The molecule has 0 bridgehead atoms. The summed E-state index contributed by atoms with van der Waals surface area (Å²) in [5.41, 5.74) is 0.0139. The first-order valence-corrected chi connectivity index (χ1v) is 8.15. The van der Waals surface area contributed by atoms with Crippen LogP contribution >= 0.6 is 15.9 Å². The van der Waals surface area contributed by atoms with Gasteiger partial charge in [0.25, 0.3) is 0 Å². The quantitative estimate of drug-likeness (QED) is 0.823. The maximum absolute atomic E-state index is 13.0. The smallest absolute Gasteiger partial charge is 0.396 e. The molecule has 0 saturated carbocycles. The molecule has 0 radical (unpaired) electrons. The summed E-state index contributed by atoms with van der Waals surface area (Å²) < 4.78 is 39.6. The molecule has 0 aliphatic carbocycles. The number of hydrogen-bond donors (Lipinski definition) is 2. The molecule has 124 valence electrons. The second kappa shape index (κ2) is 7.77. The zero-order chi connectivity index (χ0) is 16.2. The Kier molecular flexibility index (Phi) is 6.26. The first-order chi connectivity index (χ1) is 10.4. The average Bonchev–Trinajstić information content (AvgIpc) is 2.49. The lowest BCUT2D eigenvalue weighted by Crippen LogP contribution is -2.45. The SMILES string of the molecule is OCCC[C@H](c1cc(C(F)(F)F)ccc1Br)N1CCNCC1. The van der Waals surface area contributed by atoms with Gasteiger partial charge in [0, 0.05) is 43.3 Å². The van der Waals surface area contributed by atoms with E-state index in [1.807, 2.05) is 0 Å². The normalized spacial score (nSPS) is 18.4. The van der Waals surface area contributed by atoms with Crippen molar-refractivity contribution in [3.63, 3.8) is 0 Å². The van der Waals surface area contributed by atoms with E-state index in [-0.39, 0.29) is 12.6 Å². The first kappa shape index (κ1) is 17.7. The van der Waals surface area contributed by atoms with Gasteiger partial charge in [-0.2, -0.15) is 13.2 Å². The summed E-state index contributed by atoms with van der Waals surface area (Å²) in [5.74, 6) is 0. The number of alkyl halides is 3. The van der Waals surface area contributed by atoms with Crippen LogP contribution in [0, 0.1) is 0 Å². The van der Waals surface area contributed by atoms with Gasteiger partial charge in [-0.25, -0.2) is 0 Å². The Balaban J connectivity index is 2.32. The third kappa shape index (κ3) is 4.44. The molecule has 1 aliphatic heterocycles. The number of benzene rings is 1. The van der Waals surface area contributed by atoms with E-state index in [1.165, 1.54) is 12.1 Å². The highest BCUT2D eigenvalue weighted by atomic mass is 79.9. The molecule has 0 spiro atoms. The molecule has 1 aromatic rings. The van der Waals surface area contributed by atoms with E-state index in [1.54, 1.807) is 0 Å². The number of piperazine rings is 1. The third-order valence-corrected chi connectivity index (χ3v) is 4.63. The molecule has 2 N–H and O–H groups in total. The summed E-state index contributed by atoms with van der Waals surface area (Å²) in [5, 5.41) is 12.3. The lowest BCUT2D eigenvalue weighted by molar-refractivity contribution is -0.137. The maximum atomic E-state index is 13.0. The number of hydrogen-bond acceptors (Lipinski definition) is 3. The Hall–Kier alpha value is -0.630. The van der Waals surface area contributed by atoms with Crippen LogP contribution in [-0.4, -0.2) is 42.8 Å². The van der Waals surface area contributed by atoms with Crippen LogP contribution in [0.5, 0.6) is 0 Å². The molecule has 1 fully saturated rings. The van der Waals surface area contributed by atoms with Gasteiger partial charge in [0.05, 0.1) is 5.56 Å². The van der Waals surface area contributed by atoms with E-state index in [0.717, 1.165) is 32.2 Å². The van der Waals surface area contributed by atoms with Crippen molar-refractivity contribution in [2.75, 3.05) is 32.8 Å². The fraction of sp³-hybridized carbons (Fsp3) is 0.600. The van der Waals surface area contributed by atoms with Crippen LogP contribution in [0.3, 0.4) is 0 Å². The summed E-state index contributed by atoms with van der Waals surface area (Å²) in [4.78, 5) is 2.19. The van der Waals surface area contributed by atoms with Crippen molar-refractivity contribution >= 4 is 15.9 Å². The number of rotatable bonds is 5. The minimum atomic E-state index is -4.35. The first-order valence-electron chi connectivity index (χ1n) is 7.35. The zero-order valence-electron chi connectivity index (χ0n) is 12.2. The molecule has 1 atom stereocenters. The second-order valence-electron chi connectivity index (χ2n) is 5.40. The predicted octanol–water partition coefficient (Wildman–Crippen LogP) is 3.19. The number of nitrogens with zero attached hydrogens (tertiary/aromatic N) is 1. The number of halogens is 4. The Morgan fingerprint density at radius 2 is 1.95 bits per heavy atom. The van der Waals surface area contributed by atoms with Crippen molar-refractivity contribution in [3.8, 4) is 0 Å². The topological polar surface area (TPSA) is 35.5 Å². The van der Waals surface area contributed by atoms with Gasteiger partial charge in [-0.1, -0.05) is 15.9 Å². The van der Waals surface area contributed by atoms with E-state index in [0.29, 0.717) is 22.9 Å². The van der Waals surface area contributed by atoms with Gasteiger partial charge in [0.15, 0.2) is 0 Å². The van der Waals surface area contributed by atoms with Crippen LogP contribution in [0.4, 0.5) is 13.2 Å². The van der Waals surface area contributed by atoms with Crippen LogP contribution < -0.4 is 5.32 Å². The molecule has 2 rings (SSSR count). The minimum absolute atomic E-state index is 0.0408. The molecular formula is C15H20BrF3N2O. The molecule has 0 aromatic heterocycles. The number of aliphatic hydroxyl groups excluding tert-OH is 1. The van der Waals surface area contributed by atoms with Crippen molar-refractivity contribution in [2.24, 2.45) is 0 Å². The fourth-order valence-electron chi connectivity index (χ4n) is 2.79. The highest BCUT2D eigenvalue weighted by molar-refractivity contribution is 9.10. The van der Waals surface area contributed by atoms with Gasteiger partial charge < -0.3 is 10.4 Å². The summed E-state index contributed by atoms with van der Waals surface area (Å²) in [7, 11) is 0. The van der Waals surface area contributed by atoms with Gasteiger partial charge >= 0.3 is 6.18 Å². The Morgan fingerprint density at radius 3 is 2.55 bits per heavy atom. The lowest BCUT2D eigenvalue weighted by Gasteiger charge is -2.36. The molecule has 1 aliphatic rings. The van der Waals surface area contributed by atoms with Crippen LogP contribution in [0.1, 0.15) is 30.0 Å². The van der Waals surface area contributed by atoms with Crippen molar-refractivity contribution < 1.29 is 18.3 Å². The molecule has 22 heavy (non-hydrogen) atoms. The molecule has 3 nitrogen and oxygen atoms in total. The third-order valence-electron chi connectivity index (χ3n) is 3.91. The maximum Gasteiger partial charge on any atom is 0.416 e. The molecule has 7 heteroatoms. The van der Waals surface area contributed by atoms with E-state index in [4.69, 9.17) is 5.11 Å². The van der Waals surface area contributed by atoms with Gasteiger partial charge in [0.1, 0.15) is 0 Å². The highest BCUT2D eigenvalue weighted by Gasteiger charge is 2.32. The molecule has 1 heterocycles. The fourth-order valence-corrected chi connectivity index (χ4v) is 3.30. The van der Waals surface area contributed by atoms with E-state index >= 15 is 0 Å². The summed E-state index contributed by atoms with van der Waals surface area (Å²) in [6.07, 6.45) is -3.14. The van der Waals surface area contributed by atoms with Crippen LogP contribution in [0.2, 0.25) is 0 Å². The van der Waals surface area contributed by atoms with Crippen LogP contribution in [0.15, 0.2) is 22.7 Å². The lowest BCUT2D eigenvalue weighted by atomic mass is 9.97. The molecule has 1 saturated heterocycles. The Morgan fingerprint density at radius 1 is 1.27 bits per heavy atom. The van der Waals surface area contributed by atoms with Crippen molar-refractivity contribution in [1.82, 2.24) is 10.2 Å². The van der Waals surface area contributed by atoms with Gasteiger partial charge in [-0.05, 0) is 36.6 Å². The zero-order valence-corrected chi connectivity index (χ0v) is 13.8. The minimum Gasteiger partial charge on any atom is -0.396 e. The van der Waals surface area contributed by atoms with Gasteiger partial charge in [-0.3, -0.25) is 4.90 Å². The van der Waals surface area contributed by atoms with Crippen LogP contribution in [0.25, 0.3) is 0 Å². The van der Waals surface area contributed by atoms with Crippen molar-refractivity contribution in [1.29, 1.82) is 0 Å². The Labute approximate surface area is 136 Å². The monoisotopic (exact) mass is 380 g/mol. The molecular weight excluding hydrogens is 361 g/mol. The van der Waals surface area contributed by atoms with E-state index in [9.17, 15) is 13.2 Å². The van der Waals surface area contributed by atoms with Crippen molar-refractivity contribution in [2.45, 2.75) is 25.1 Å². The predicted molar refractivity (Wildman–Crippen MR) is 82.6 cm³/mol. The molecule has 0 unspecified atom stereocenters. The highest BCUT2D eigenvalue weighted by Crippen LogP contribution is 2.37. The van der Waals surface area contributed by atoms with E-state index in [2.05, 4.69) is 26.1 Å². The average molecular weight is 381 g/mol. The number of nitrogens with one attached hydrogen (secondary N) is 1. The number of aliphatic hydroxyl groups is 1. The summed E-state index contributed by atoms with van der Waals surface area (Å²) in [6.45, 7) is 3.27. The summed E-state index contributed by atoms with van der Waals surface area (Å²) in [6, 6.07) is 3.67. The molecule has 0 amide bonds. The standard InChI is InChI=1S/C15H20BrF3N2O/c16-13-4-3-11(15(17,18)19)10-12(13)14(2-1-9-22)21-7-5-20-6-8-21/h3-4,10,14,20,22H,1-2,5-9H2/t14-/m1/s1. The van der Waals surface area contributed by atoms with Gasteiger partial charge in [0.2, 0.25) is 0 Å². The van der Waals surface area contributed by atoms with Crippen LogP contribution in [-0.2, 0) is 6.18 Å². The Bertz CT molecular complexity index is 490. The largest absolute Gasteiger partial charge is 0.416 e. The van der Waals surface area contributed by atoms with Crippen molar-refractivity contribution in [3.05, 3.63) is 33.8 Å².